The van der Waals surface area contributed by atoms with Gasteiger partial charge in [-0.3, -0.25) is 9.78 Å². The SMILES string of the molecule is CNC(=O)Nc1ccc2c(c1)Cc1c(nc(C(C)C)c(C=C[C@@H]3C[C@H](CC(=O)OC(C)(C)C)OC(C)(C)O3)c1-c1ccc(F)cc1)CC2. The molecule has 2 atom stereocenters. The Hall–Kier alpha value is -4.08. The van der Waals surface area contributed by atoms with Crippen molar-refractivity contribution in [2.45, 2.75) is 110 Å². The first kappa shape index (κ1) is 35.2. The smallest absolute Gasteiger partial charge is 0.318 e. The van der Waals surface area contributed by atoms with Crippen LogP contribution in [0.2, 0.25) is 0 Å². The average Bonchev–Trinajstić information content (AvgIpc) is 3.16. The molecule has 2 amide bonds. The van der Waals surface area contributed by atoms with Gasteiger partial charge in [-0.1, -0.05) is 44.2 Å². The number of nitrogens with one attached hydrogen (secondary N) is 2. The van der Waals surface area contributed by atoms with Gasteiger partial charge in [-0.25, -0.2) is 9.18 Å². The minimum Gasteiger partial charge on any atom is -0.460 e. The number of anilines is 1. The fraction of sp³-hybridized carbons (Fsp3) is 0.462. The zero-order valence-corrected chi connectivity index (χ0v) is 29.3. The van der Waals surface area contributed by atoms with Crippen LogP contribution in [0.1, 0.15) is 101 Å². The van der Waals surface area contributed by atoms with E-state index in [2.05, 4.69) is 36.6 Å². The number of ether oxygens (including phenoxy) is 3. The lowest BCUT2D eigenvalue weighted by Crippen LogP contribution is -2.45. The fourth-order valence-corrected chi connectivity index (χ4v) is 6.57. The van der Waals surface area contributed by atoms with E-state index in [1.165, 1.54) is 17.7 Å². The van der Waals surface area contributed by atoms with Crippen molar-refractivity contribution < 1.29 is 28.2 Å². The summed E-state index contributed by atoms with van der Waals surface area (Å²) >= 11 is 0. The highest BCUT2D eigenvalue weighted by atomic mass is 19.1. The highest BCUT2D eigenvalue weighted by molar-refractivity contribution is 5.89. The molecule has 1 fully saturated rings. The predicted molar refractivity (Wildman–Crippen MR) is 186 cm³/mol. The van der Waals surface area contributed by atoms with Gasteiger partial charge in [0.1, 0.15) is 11.4 Å². The molecule has 9 heteroatoms. The highest BCUT2D eigenvalue weighted by Gasteiger charge is 2.36. The van der Waals surface area contributed by atoms with Gasteiger partial charge in [0.25, 0.3) is 0 Å². The first-order valence-corrected chi connectivity index (χ1v) is 16.8. The maximum absolute atomic E-state index is 14.2. The molecule has 1 aromatic heterocycles. The van der Waals surface area contributed by atoms with Gasteiger partial charge in [0, 0.05) is 36.8 Å². The van der Waals surface area contributed by atoms with Gasteiger partial charge in [0.05, 0.1) is 24.3 Å². The van der Waals surface area contributed by atoms with E-state index in [4.69, 9.17) is 19.2 Å². The van der Waals surface area contributed by atoms with Crippen molar-refractivity contribution in [3.05, 3.63) is 88.0 Å². The highest BCUT2D eigenvalue weighted by Crippen LogP contribution is 2.40. The molecule has 5 rings (SSSR count). The molecule has 256 valence electrons. The van der Waals surface area contributed by atoms with Crippen LogP contribution in [0, 0.1) is 5.82 Å². The number of rotatable bonds is 7. The van der Waals surface area contributed by atoms with Gasteiger partial charge >= 0.3 is 12.0 Å². The molecule has 0 spiro atoms. The van der Waals surface area contributed by atoms with Crippen molar-refractivity contribution in [2.75, 3.05) is 12.4 Å². The average molecular weight is 658 g/mol. The van der Waals surface area contributed by atoms with E-state index < -0.39 is 11.4 Å². The van der Waals surface area contributed by atoms with Gasteiger partial charge in [0.2, 0.25) is 0 Å². The Bertz CT molecular complexity index is 1690. The van der Waals surface area contributed by atoms with Gasteiger partial charge < -0.3 is 24.8 Å². The summed E-state index contributed by atoms with van der Waals surface area (Å²) in [7, 11) is 1.59. The van der Waals surface area contributed by atoms with Crippen LogP contribution in [0.4, 0.5) is 14.9 Å². The number of carbonyl (C=O) groups is 2. The first-order valence-electron chi connectivity index (χ1n) is 16.8. The van der Waals surface area contributed by atoms with Crippen molar-refractivity contribution in [3.63, 3.8) is 0 Å². The Morgan fingerprint density at radius 1 is 1.08 bits per heavy atom. The van der Waals surface area contributed by atoms with Gasteiger partial charge in [-0.15, -0.1) is 0 Å². The summed E-state index contributed by atoms with van der Waals surface area (Å²) in [5, 5.41) is 5.50. The number of amides is 2. The number of nitrogens with zero attached hydrogens (tertiary/aromatic N) is 1. The number of urea groups is 1. The Kier molecular flexibility index (Phi) is 10.4. The minimum atomic E-state index is -0.906. The van der Waals surface area contributed by atoms with Crippen LogP contribution in [-0.4, -0.2) is 47.6 Å². The van der Waals surface area contributed by atoms with Gasteiger partial charge in [-0.05, 0) is 105 Å². The molecule has 2 N–H and O–H groups in total. The molecule has 0 unspecified atom stereocenters. The third-order valence-corrected chi connectivity index (χ3v) is 8.49. The van der Waals surface area contributed by atoms with Crippen LogP contribution in [-0.2, 0) is 38.3 Å². The van der Waals surface area contributed by atoms with E-state index in [1.54, 1.807) is 7.05 Å². The number of benzene rings is 2. The number of hydrogen-bond donors (Lipinski definition) is 2. The van der Waals surface area contributed by atoms with Crippen LogP contribution in [0.25, 0.3) is 17.2 Å². The van der Waals surface area contributed by atoms with Crippen LogP contribution in [0.15, 0.2) is 48.5 Å². The molecule has 2 aromatic carbocycles. The summed E-state index contributed by atoms with van der Waals surface area (Å²) in [6.07, 6.45) is 6.18. The van der Waals surface area contributed by atoms with E-state index in [9.17, 15) is 14.0 Å². The predicted octanol–water partition coefficient (Wildman–Crippen LogP) is 8.11. The summed E-state index contributed by atoms with van der Waals surface area (Å²) in [4.78, 5) is 30.1. The summed E-state index contributed by atoms with van der Waals surface area (Å²) < 4.78 is 32.3. The molecule has 3 aromatic rings. The number of carbonyl (C=O) groups excluding carboxylic acids is 2. The summed E-state index contributed by atoms with van der Waals surface area (Å²) in [5.74, 6) is -1.41. The van der Waals surface area contributed by atoms with Crippen molar-refractivity contribution in [1.82, 2.24) is 10.3 Å². The van der Waals surface area contributed by atoms with Crippen molar-refractivity contribution in [3.8, 4) is 11.1 Å². The van der Waals surface area contributed by atoms with E-state index >= 15 is 0 Å². The van der Waals surface area contributed by atoms with Crippen molar-refractivity contribution >= 4 is 23.8 Å². The molecule has 1 aliphatic carbocycles. The van der Waals surface area contributed by atoms with Crippen LogP contribution in [0.5, 0.6) is 0 Å². The zero-order chi connectivity index (χ0) is 34.8. The van der Waals surface area contributed by atoms with Crippen molar-refractivity contribution in [2.24, 2.45) is 0 Å². The fourth-order valence-electron chi connectivity index (χ4n) is 6.57. The van der Waals surface area contributed by atoms with E-state index in [-0.39, 0.29) is 42.4 Å². The second-order valence-electron chi connectivity index (χ2n) is 14.4. The molecular weight excluding hydrogens is 609 g/mol. The lowest BCUT2D eigenvalue weighted by molar-refractivity contribution is -0.290. The molecule has 8 nitrogen and oxygen atoms in total. The molecule has 0 radical (unpaired) electrons. The molecule has 0 saturated carbocycles. The molecule has 48 heavy (non-hydrogen) atoms. The number of esters is 1. The number of halogens is 1. The Balaban J connectivity index is 1.58. The largest absolute Gasteiger partial charge is 0.460 e. The van der Waals surface area contributed by atoms with E-state index in [0.717, 1.165) is 52.0 Å². The number of pyridine rings is 1. The Morgan fingerprint density at radius 3 is 2.48 bits per heavy atom. The minimum absolute atomic E-state index is 0.107. The van der Waals surface area contributed by atoms with Crippen LogP contribution >= 0.6 is 0 Å². The third kappa shape index (κ3) is 8.68. The molecule has 0 bridgehead atoms. The maximum atomic E-state index is 14.2. The van der Waals surface area contributed by atoms with Crippen LogP contribution < -0.4 is 10.6 Å². The van der Waals surface area contributed by atoms with Gasteiger partial charge in [0.15, 0.2) is 5.79 Å². The lowest BCUT2D eigenvalue weighted by atomic mass is 9.86. The Labute approximate surface area is 283 Å². The summed E-state index contributed by atoms with van der Waals surface area (Å²) in [6, 6.07) is 12.4. The maximum Gasteiger partial charge on any atom is 0.318 e. The quantitative estimate of drug-likeness (QED) is 0.249. The second kappa shape index (κ2) is 14.2. The first-order chi connectivity index (χ1) is 22.6. The summed E-state index contributed by atoms with van der Waals surface area (Å²) in [5.41, 5.74) is 8.37. The Morgan fingerprint density at radius 2 is 1.81 bits per heavy atom. The number of fused-ring (bicyclic) bond motifs is 2. The van der Waals surface area contributed by atoms with E-state index in [1.807, 2.05) is 65.0 Å². The number of aryl methyl sites for hydroxylation is 2. The molecule has 1 aliphatic heterocycles. The monoisotopic (exact) mass is 657 g/mol. The molecule has 2 heterocycles. The topological polar surface area (TPSA) is 98.8 Å². The van der Waals surface area contributed by atoms with E-state index in [0.29, 0.717) is 18.5 Å². The zero-order valence-electron chi connectivity index (χ0n) is 29.3. The molecular formula is C39H48FN3O5. The number of hydrogen-bond acceptors (Lipinski definition) is 6. The van der Waals surface area contributed by atoms with Gasteiger partial charge in [-0.2, -0.15) is 0 Å². The molecule has 2 aliphatic rings. The van der Waals surface area contributed by atoms with Crippen LogP contribution in [0.3, 0.4) is 0 Å². The summed E-state index contributed by atoms with van der Waals surface area (Å²) in [6.45, 7) is 13.5. The second-order valence-corrected chi connectivity index (χ2v) is 14.4. The standard InChI is InChI=1S/C39H48FN3O5/c1-23(2)36-31(17-16-29-21-30(47-39(6,7)46-29)22-34(44)48-38(3,4)5)35(25-9-13-27(40)14-10-25)32-20-26-19-28(42-37(45)41-8)15-11-24(26)12-18-33(32)43-36/h9-11,13-17,19,23,29-30H,12,18,20-22H2,1-8H3,(H2,41,42,45)/t29-,30-/m1/s1. The lowest BCUT2D eigenvalue weighted by Gasteiger charge is -2.40. The third-order valence-electron chi connectivity index (χ3n) is 8.49. The van der Waals surface area contributed by atoms with Crippen molar-refractivity contribution in [1.29, 1.82) is 0 Å². The molecule has 1 saturated heterocycles. The normalized spacial score (nSPS) is 19.0. The number of aromatic nitrogens is 1.